The molecule has 2 N–H and O–H groups in total. The number of benzene rings is 3. The summed E-state index contributed by atoms with van der Waals surface area (Å²) in [7, 11) is 1.98. The number of carbonyl (C=O) groups excluding carboxylic acids is 3. The smallest absolute Gasteiger partial charge is 0.322 e. The van der Waals surface area contributed by atoms with Crippen LogP contribution in [0.15, 0.2) is 72.8 Å². The lowest BCUT2D eigenvalue weighted by atomic mass is 10.0. The van der Waals surface area contributed by atoms with E-state index in [0.29, 0.717) is 31.9 Å². The average molecular weight is 540 g/mol. The van der Waals surface area contributed by atoms with Crippen LogP contribution in [0, 0.1) is 5.82 Å². The van der Waals surface area contributed by atoms with Crippen LogP contribution in [-0.4, -0.2) is 67.3 Å². The minimum atomic E-state index is -3.31. The van der Waals surface area contributed by atoms with Gasteiger partial charge >= 0.3 is 18.4 Å². The Labute approximate surface area is 224 Å². The first-order chi connectivity index (χ1) is 18.7. The van der Waals surface area contributed by atoms with Crippen LogP contribution in [0.5, 0.6) is 0 Å². The molecule has 1 saturated heterocycles. The number of anilines is 1. The predicted molar refractivity (Wildman–Crippen MR) is 141 cm³/mol. The molecule has 204 valence electrons. The molecule has 0 aliphatic carbocycles. The van der Waals surface area contributed by atoms with Crippen molar-refractivity contribution >= 4 is 23.5 Å². The number of nitrogens with zero attached hydrogens (tertiary/aromatic N) is 3. The van der Waals surface area contributed by atoms with Gasteiger partial charge in [-0.1, -0.05) is 48.5 Å². The minimum absolute atomic E-state index is 0.112. The monoisotopic (exact) mass is 539 g/mol. The van der Waals surface area contributed by atoms with Crippen molar-refractivity contribution in [3.8, 4) is 11.1 Å². The normalized spacial score (nSPS) is 13.7. The van der Waals surface area contributed by atoms with Gasteiger partial charge in [-0.05, 0) is 42.4 Å². The van der Waals surface area contributed by atoms with E-state index in [1.54, 1.807) is 16.4 Å². The second-order valence-corrected chi connectivity index (χ2v) is 9.13. The minimum Gasteiger partial charge on any atom is -0.322 e. The number of hydrazine groups is 1. The standard InChI is InChI=1S/C28H28F3N5O3/c1-34-12-14-35(15-13-34)28(39)36(23-9-5-8-20(16-23)19-6-3-2-4-7-19)18-22-11-10-21(17-24(22)29)26(37)32-33-27(38)25(30)31/h2-11,16-17,25H,12-15,18H2,1H3,(H,32,37)(H,33,38). The van der Waals surface area contributed by atoms with Gasteiger partial charge in [-0.3, -0.25) is 25.3 Å². The molecule has 8 nitrogen and oxygen atoms in total. The molecule has 1 aliphatic heterocycles. The number of hydrogen-bond acceptors (Lipinski definition) is 4. The molecule has 11 heteroatoms. The third-order valence-corrected chi connectivity index (χ3v) is 6.41. The number of urea groups is 1. The number of hydrogen-bond donors (Lipinski definition) is 2. The third-order valence-electron chi connectivity index (χ3n) is 6.41. The molecule has 1 fully saturated rings. The van der Waals surface area contributed by atoms with Crippen LogP contribution in [0.1, 0.15) is 15.9 Å². The summed E-state index contributed by atoms with van der Waals surface area (Å²) in [4.78, 5) is 42.2. The van der Waals surface area contributed by atoms with Crippen molar-refractivity contribution in [2.75, 3.05) is 38.1 Å². The summed E-state index contributed by atoms with van der Waals surface area (Å²) in [5, 5.41) is 0. The predicted octanol–water partition coefficient (Wildman–Crippen LogP) is 3.89. The fraction of sp³-hybridized carbons (Fsp3) is 0.250. The highest BCUT2D eigenvalue weighted by molar-refractivity contribution is 5.96. The first-order valence-electron chi connectivity index (χ1n) is 12.3. The molecule has 0 atom stereocenters. The topological polar surface area (TPSA) is 85.0 Å². The van der Waals surface area contributed by atoms with Gasteiger partial charge < -0.3 is 9.80 Å². The van der Waals surface area contributed by atoms with Gasteiger partial charge in [0.05, 0.1) is 6.54 Å². The van der Waals surface area contributed by atoms with E-state index in [-0.39, 0.29) is 23.7 Å². The van der Waals surface area contributed by atoms with Crippen LogP contribution in [0.4, 0.5) is 23.7 Å². The van der Waals surface area contributed by atoms with Crippen LogP contribution < -0.4 is 15.8 Å². The molecule has 0 bridgehead atoms. The van der Waals surface area contributed by atoms with Crippen LogP contribution in [0.3, 0.4) is 0 Å². The Morgan fingerprint density at radius 2 is 1.56 bits per heavy atom. The number of piperazine rings is 1. The number of likely N-dealkylation sites (N-methyl/N-ethyl adjacent to an activating group) is 1. The third kappa shape index (κ3) is 6.94. The fourth-order valence-electron chi connectivity index (χ4n) is 4.15. The van der Waals surface area contributed by atoms with Crippen LogP contribution in [0.25, 0.3) is 11.1 Å². The highest BCUT2D eigenvalue weighted by atomic mass is 19.3. The van der Waals surface area contributed by atoms with E-state index in [1.165, 1.54) is 17.0 Å². The number of carbonyl (C=O) groups is 3. The molecule has 0 aromatic heterocycles. The summed E-state index contributed by atoms with van der Waals surface area (Å²) in [6.07, 6.45) is -3.31. The number of amides is 4. The van der Waals surface area contributed by atoms with Crippen LogP contribution >= 0.6 is 0 Å². The van der Waals surface area contributed by atoms with Crippen molar-refractivity contribution in [3.05, 3.63) is 89.7 Å². The second kappa shape index (κ2) is 12.4. The van der Waals surface area contributed by atoms with E-state index in [0.717, 1.165) is 17.2 Å². The lowest BCUT2D eigenvalue weighted by Gasteiger charge is -2.36. The van der Waals surface area contributed by atoms with Crippen molar-refractivity contribution < 1.29 is 27.6 Å². The molecule has 4 amide bonds. The highest BCUT2D eigenvalue weighted by Gasteiger charge is 2.27. The quantitative estimate of drug-likeness (QED) is 0.466. The Hall–Kier alpha value is -4.38. The number of rotatable bonds is 6. The number of alkyl halides is 2. The van der Waals surface area contributed by atoms with Crippen molar-refractivity contribution in [1.29, 1.82) is 0 Å². The highest BCUT2D eigenvalue weighted by Crippen LogP contribution is 2.27. The van der Waals surface area contributed by atoms with E-state index in [4.69, 9.17) is 0 Å². The molecule has 1 heterocycles. The Bertz CT molecular complexity index is 1330. The molecule has 0 unspecified atom stereocenters. The number of nitrogens with one attached hydrogen (secondary N) is 2. The van der Waals surface area contributed by atoms with Crippen molar-refractivity contribution in [1.82, 2.24) is 20.7 Å². The fourth-order valence-corrected chi connectivity index (χ4v) is 4.15. The molecular weight excluding hydrogens is 511 g/mol. The summed E-state index contributed by atoms with van der Waals surface area (Å²) in [6.45, 7) is 2.36. The molecule has 3 aromatic rings. The van der Waals surface area contributed by atoms with Crippen LogP contribution in [0.2, 0.25) is 0 Å². The Balaban J connectivity index is 1.60. The maximum absolute atomic E-state index is 15.2. The summed E-state index contributed by atoms with van der Waals surface area (Å²) in [5.41, 5.74) is 5.79. The molecule has 0 saturated carbocycles. The van der Waals surface area contributed by atoms with Gasteiger partial charge in [0, 0.05) is 43.0 Å². The first-order valence-corrected chi connectivity index (χ1v) is 12.3. The average Bonchev–Trinajstić information content (AvgIpc) is 2.95. The molecule has 0 spiro atoms. The van der Waals surface area contributed by atoms with E-state index in [1.807, 2.05) is 61.0 Å². The molecular formula is C28H28F3N5O3. The molecule has 0 radical (unpaired) electrons. The van der Waals surface area contributed by atoms with Gasteiger partial charge in [-0.25, -0.2) is 9.18 Å². The molecule has 4 rings (SSSR count). The van der Waals surface area contributed by atoms with Gasteiger partial charge in [-0.15, -0.1) is 0 Å². The lowest BCUT2D eigenvalue weighted by Crippen LogP contribution is -2.52. The summed E-state index contributed by atoms with van der Waals surface area (Å²) < 4.78 is 39.8. The summed E-state index contributed by atoms with van der Waals surface area (Å²) in [5.74, 6) is -3.41. The molecule has 3 aromatic carbocycles. The van der Waals surface area contributed by atoms with Gasteiger partial charge in [-0.2, -0.15) is 8.78 Å². The van der Waals surface area contributed by atoms with E-state index in [9.17, 15) is 23.2 Å². The Kier molecular flexibility index (Phi) is 8.82. The molecule has 39 heavy (non-hydrogen) atoms. The largest absolute Gasteiger partial charge is 0.324 e. The summed E-state index contributed by atoms with van der Waals surface area (Å²) in [6, 6.07) is 20.4. The van der Waals surface area contributed by atoms with Gasteiger partial charge in [0.25, 0.3) is 5.91 Å². The molecule has 1 aliphatic rings. The van der Waals surface area contributed by atoms with Gasteiger partial charge in [0.2, 0.25) is 0 Å². The maximum Gasteiger partial charge on any atom is 0.324 e. The zero-order valence-electron chi connectivity index (χ0n) is 21.2. The van der Waals surface area contributed by atoms with E-state index >= 15 is 4.39 Å². The Morgan fingerprint density at radius 1 is 0.872 bits per heavy atom. The summed E-state index contributed by atoms with van der Waals surface area (Å²) >= 11 is 0. The lowest BCUT2D eigenvalue weighted by molar-refractivity contribution is -0.132. The number of halogens is 3. The van der Waals surface area contributed by atoms with E-state index < -0.39 is 24.1 Å². The zero-order chi connectivity index (χ0) is 27.9. The van der Waals surface area contributed by atoms with Crippen molar-refractivity contribution in [2.45, 2.75) is 13.0 Å². The van der Waals surface area contributed by atoms with Gasteiger partial charge in [0.15, 0.2) is 0 Å². The van der Waals surface area contributed by atoms with Gasteiger partial charge in [0.1, 0.15) is 5.82 Å². The van der Waals surface area contributed by atoms with E-state index in [2.05, 4.69) is 4.90 Å². The van der Waals surface area contributed by atoms with Crippen molar-refractivity contribution in [3.63, 3.8) is 0 Å². The van der Waals surface area contributed by atoms with Crippen LogP contribution in [-0.2, 0) is 11.3 Å². The Morgan fingerprint density at radius 3 is 2.23 bits per heavy atom. The first kappa shape index (κ1) is 27.6. The SMILES string of the molecule is CN1CCN(C(=O)N(Cc2ccc(C(=O)NNC(=O)C(F)F)cc2F)c2cccc(-c3ccccc3)c2)CC1. The second-order valence-electron chi connectivity index (χ2n) is 9.13. The zero-order valence-corrected chi connectivity index (χ0v) is 21.2. The van der Waals surface area contributed by atoms with Crippen molar-refractivity contribution in [2.24, 2.45) is 0 Å². The maximum atomic E-state index is 15.2.